The van der Waals surface area contributed by atoms with Crippen LogP contribution in [-0.2, 0) is 0 Å². The number of thiazole rings is 1. The summed E-state index contributed by atoms with van der Waals surface area (Å²) in [4.78, 5) is 16.9. The van der Waals surface area contributed by atoms with Gasteiger partial charge in [0, 0.05) is 16.5 Å². The summed E-state index contributed by atoms with van der Waals surface area (Å²) in [5.41, 5.74) is 4.59. The maximum atomic E-state index is 12.4. The van der Waals surface area contributed by atoms with Crippen LogP contribution in [-0.4, -0.2) is 17.7 Å². The van der Waals surface area contributed by atoms with E-state index < -0.39 is 0 Å². The number of aromatic nitrogens is 1. The van der Waals surface area contributed by atoms with Crippen molar-refractivity contribution in [3.8, 4) is 22.8 Å². The molecule has 1 aliphatic rings. The summed E-state index contributed by atoms with van der Waals surface area (Å²) in [7, 11) is 0. The van der Waals surface area contributed by atoms with Gasteiger partial charge in [-0.25, -0.2) is 4.98 Å². The van der Waals surface area contributed by atoms with Gasteiger partial charge in [0.1, 0.15) is 0 Å². The summed E-state index contributed by atoms with van der Waals surface area (Å²) in [6.45, 7) is 4.26. The van der Waals surface area contributed by atoms with E-state index in [0.29, 0.717) is 16.4 Å². The van der Waals surface area contributed by atoms with Crippen LogP contribution in [0.25, 0.3) is 11.3 Å². The van der Waals surface area contributed by atoms with Crippen molar-refractivity contribution >= 4 is 22.4 Å². The molecule has 1 aromatic heterocycles. The van der Waals surface area contributed by atoms with Gasteiger partial charge in [0.15, 0.2) is 16.6 Å². The van der Waals surface area contributed by atoms with Crippen molar-refractivity contribution in [2.75, 3.05) is 12.1 Å². The van der Waals surface area contributed by atoms with Crippen LogP contribution in [0, 0.1) is 13.8 Å². The molecular weight excluding hydrogens is 336 g/mol. The molecule has 0 saturated carbocycles. The first-order valence-corrected chi connectivity index (χ1v) is 8.72. The molecule has 5 nitrogen and oxygen atoms in total. The first kappa shape index (κ1) is 15.7. The lowest BCUT2D eigenvalue weighted by atomic mass is 10.1. The molecule has 1 aliphatic heterocycles. The fourth-order valence-electron chi connectivity index (χ4n) is 2.57. The number of carbonyl (C=O) groups is 1. The summed E-state index contributed by atoms with van der Waals surface area (Å²) < 4.78 is 10.7. The highest BCUT2D eigenvalue weighted by Crippen LogP contribution is 2.36. The van der Waals surface area contributed by atoms with Crippen molar-refractivity contribution in [2.45, 2.75) is 13.8 Å². The summed E-state index contributed by atoms with van der Waals surface area (Å²) >= 11 is 1.39. The Kier molecular flexibility index (Phi) is 3.89. The predicted octanol–water partition coefficient (Wildman–Crippen LogP) is 4.41. The van der Waals surface area contributed by atoms with E-state index >= 15 is 0 Å². The summed E-state index contributed by atoms with van der Waals surface area (Å²) in [5, 5.41) is 5.34. The van der Waals surface area contributed by atoms with Crippen molar-refractivity contribution in [1.29, 1.82) is 0 Å². The molecule has 3 aromatic rings. The van der Waals surface area contributed by atoms with E-state index in [2.05, 4.69) is 10.3 Å². The van der Waals surface area contributed by atoms with Gasteiger partial charge < -0.3 is 9.47 Å². The average Bonchev–Trinajstić information content (AvgIpc) is 3.25. The Morgan fingerprint density at radius 2 is 1.92 bits per heavy atom. The lowest BCUT2D eigenvalue weighted by molar-refractivity contribution is 0.102. The highest BCUT2D eigenvalue weighted by atomic mass is 32.1. The SMILES string of the molecule is Cc1ccc(C(=O)Nc2nc(-c3ccc4c(c3)OCO4)cs2)cc1C. The maximum absolute atomic E-state index is 12.4. The first-order valence-electron chi connectivity index (χ1n) is 7.84. The molecule has 0 spiro atoms. The van der Waals surface area contributed by atoms with Gasteiger partial charge in [-0.1, -0.05) is 6.07 Å². The molecule has 1 N–H and O–H groups in total. The quantitative estimate of drug-likeness (QED) is 0.758. The number of hydrogen-bond acceptors (Lipinski definition) is 5. The van der Waals surface area contributed by atoms with Crippen molar-refractivity contribution in [1.82, 2.24) is 4.98 Å². The fraction of sp³-hybridized carbons (Fsp3) is 0.158. The van der Waals surface area contributed by atoms with E-state index in [0.717, 1.165) is 28.1 Å². The van der Waals surface area contributed by atoms with E-state index in [1.54, 1.807) is 0 Å². The van der Waals surface area contributed by atoms with Crippen LogP contribution in [0.3, 0.4) is 0 Å². The van der Waals surface area contributed by atoms with Crippen LogP contribution in [0.5, 0.6) is 11.5 Å². The molecule has 0 unspecified atom stereocenters. The average molecular weight is 352 g/mol. The second-order valence-electron chi connectivity index (χ2n) is 5.86. The molecule has 0 saturated heterocycles. The van der Waals surface area contributed by atoms with Crippen LogP contribution >= 0.6 is 11.3 Å². The van der Waals surface area contributed by atoms with Gasteiger partial charge in [0.05, 0.1) is 5.69 Å². The van der Waals surface area contributed by atoms with Gasteiger partial charge in [0.2, 0.25) is 6.79 Å². The first-order chi connectivity index (χ1) is 12.1. The fourth-order valence-corrected chi connectivity index (χ4v) is 3.29. The zero-order chi connectivity index (χ0) is 17.4. The zero-order valence-corrected chi connectivity index (χ0v) is 14.6. The van der Waals surface area contributed by atoms with Crippen LogP contribution < -0.4 is 14.8 Å². The van der Waals surface area contributed by atoms with E-state index in [9.17, 15) is 4.79 Å². The molecule has 6 heteroatoms. The minimum atomic E-state index is -0.158. The number of benzene rings is 2. The number of hydrogen-bond donors (Lipinski definition) is 1. The summed E-state index contributed by atoms with van der Waals surface area (Å²) in [6, 6.07) is 11.3. The Morgan fingerprint density at radius 1 is 1.08 bits per heavy atom. The molecular formula is C19H16N2O3S. The van der Waals surface area contributed by atoms with Crippen LogP contribution in [0.2, 0.25) is 0 Å². The lowest BCUT2D eigenvalue weighted by Gasteiger charge is -2.05. The van der Waals surface area contributed by atoms with Gasteiger partial charge >= 0.3 is 0 Å². The Labute approximate surface area is 149 Å². The van der Waals surface area contributed by atoms with Crippen LogP contribution in [0.1, 0.15) is 21.5 Å². The second kappa shape index (κ2) is 6.22. The molecule has 4 rings (SSSR count). The van der Waals surface area contributed by atoms with Crippen molar-refractivity contribution in [3.63, 3.8) is 0 Å². The molecule has 0 radical (unpaired) electrons. The Hall–Kier alpha value is -2.86. The number of fused-ring (bicyclic) bond motifs is 1. The molecule has 0 aliphatic carbocycles. The minimum absolute atomic E-state index is 0.158. The van der Waals surface area contributed by atoms with Gasteiger partial charge in [-0.2, -0.15) is 0 Å². The number of amides is 1. The Morgan fingerprint density at radius 3 is 2.76 bits per heavy atom. The number of rotatable bonds is 3. The van der Waals surface area contributed by atoms with E-state index in [-0.39, 0.29) is 12.7 Å². The highest BCUT2D eigenvalue weighted by Gasteiger charge is 2.16. The van der Waals surface area contributed by atoms with Gasteiger partial charge in [-0.3, -0.25) is 10.1 Å². The van der Waals surface area contributed by atoms with Crippen molar-refractivity contribution < 1.29 is 14.3 Å². The summed E-state index contributed by atoms with van der Waals surface area (Å²) in [6.07, 6.45) is 0. The molecule has 0 fully saturated rings. The van der Waals surface area contributed by atoms with Crippen molar-refractivity contribution in [3.05, 3.63) is 58.5 Å². The number of aryl methyl sites for hydroxylation is 2. The number of carbonyl (C=O) groups excluding carboxylic acids is 1. The van der Waals surface area contributed by atoms with E-state index in [1.807, 2.05) is 55.6 Å². The third-order valence-corrected chi connectivity index (χ3v) is 4.92. The second-order valence-corrected chi connectivity index (χ2v) is 6.72. The lowest BCUT2D eigenvalue weighted by Crippen LogP contribution is -2.12. The molecule has 126 valence electrons. The number of nitrogens with zero attached hydrogens (tertiary/aromatic N) is 1. The predicted molar refractivity (Wildman–Crippen MR) is 97.5 cm³/mol. The van der Waals surface area contributed by atoms with Crippen LogP contribution in [0.4, 0.5) is 5.13 Å². The Bertz CT molecular complexity index is 965. The Balaban J connectivity index is 1.53. The molecule has 0 bridgehead atoms. The number of ether oxygens (including phenoxy) is 2. The molecule has 25 heavy (non-hydrogen) atoms. The van der Waals surface area contributed by atoms with Gasteiger partial charge in [0.25, 0.3) is 5.91 Å². The van der Waals surface area contributed by atoms with E-state index in [4.69, 9.17) is 9.47 Å². The highest BCUT2D eigenvalue weighted by molar-refractivity contribution is 7.14. The third kappa shape index (κ3) is 3.08. The van der Waals surface area contributed by atoms with E-state index in [1.165, 1.54) is 11.3 Å². The maximum Gasteiger partial charge on any atom is 0.257 e. The van der Waals surface area contributed by atoms with Crippen molar-refractivity contribution in [2.24, 2.45) is 0 Å². The molecule has 0 atom stereocenters. The molecule has 1 amide bonds. The minimum Gasteiger partial charge on any atom is -0.454 e. The third-order valence-electron chi connectivity index (χ3n) is 4.16. The topological polar surface area (TPSA) is 60.5 Å². The largest absolute Gasteiger partial charge is 0.454 e. The van der Waals surface area contributed by atoms with Crippen LogP contribution in [0.15, 0.2) is 41.8 Å². The summed E-state index contributed by atoms with van der Waals surface area (Å²) in [5.74, 6) is 1.29. The van der Waals surface area contributed by atoms with Gasteiger partial charge in [-0.15, -0.1) is 11.3 Å². The molecule has 2 aromatic carbocycles. The number of nitrogens with one attached hydrogen (secondary N) is 1. The monoisotopic (exact) mass is 352 g/mol. The number of anilines is 1. The standard InChI is InChI=1S/C19H16N2O3S/c1-11-3-4-14(7-12(11)2)18(22)21-19-20-15(9-25-19)13-5-6-16-17(8-13)24-10-23-16/h3-9H,10H2,1-2H3,(H,20,21,22). The van der Waals surface area contributed by atoms with Gasteiger partial charge in [-0.05, 0) is 55.3 Å². The normalized spacial score (nSPS) is 12.2. The zero-order valence-electron chi connectivity index (χ0n) is 13.8. The smallest absolute Gasteiger partial charge is 0.257 e. The molecule has 2 heterocycles.